The Balaban J connectivity index is 0.00000121. The Morgan fingerprint density at radius 3 is 2.12 bits per heavy atom. The van der Waals surface area contributed by atoms with Gasteiger partial charge in [-0.2, -0.15) is 0 Å². The summed E-state index contributed by atoms with van der Waals surface area (Å²) in [5, 5.41) is 0. The van der Waals surface area contributed by atoms with E-state index in [1.807, 2.05) is 13.8 Å². The lowest BCUT2D eigenvalue weighted by molar-refractivity contribution is 1.20. The number of hydrogen-bond acceptors (Lipinski definition) is 0. The third-order valence-electron chi connectivity index (χ3n) is 2.27. The fourth-order valence-corrected chi connectivity index (χ4v) is 1.78. The largest absolute Gasteiger partial charge is 0.0819 e. The second-order valence-electron chi connectivity index (χ2n) is 3.69. The summed E-state index contributed by atoms with van der Waals surface area (Å²) in [5.74, 6) is 0. The summed E-state index contributed by atoms with van der Waals surface area (Å²) < 4.78 is 1.12. The van der Waals surface area contributed by atoms with Crippen molar-refractivity contribution in [1.82, 2.24) is 0 Å². The van der Waals surface area contributed by atoms with E-state index in [1.165, 1.54) is 16.7 Å². The Morgan fingerprint density at radius 1 is 1.12 bits per heavy atom. The van der Waals surface area contributed by atoms with Gasteiger partial charge in [-0.15, -0.1) is 0 Å². The molecule has 0 unspecified atom stereocenters. The van der Waals surface area contributed by atoms with Crippen molar-refractivity contribution in [2.45, 2.75) is 41.0 Å². The van der Waals surface area contributed by atoms with Crippen LogP contribution in [0.1, 0.15) is 46.6 Å². The zero-order chi connectivity index (χ0) is 13.3. The van der Waals surface area contributed by atoms with Crippen LogP contribution in [0, 0.1) is 0 Å². The Bertz CT molecular complexity index is 369. The topological polar surface area (TPSA) is 0 Å². The van der Waals surface area contributed by atoms with Gasteiger partial charge in [-0.25, -0.2) is 0 Å². The van der Waals surface area contributed by atoms with Gasteiger partial charge in [0, 0.05) is 4.47 Å². The van der Waals surface area contributed by atoms with Gasteiger partial charge in [0.1, 0.15) is 0 Å². The molecule has 1 rings (SSSR count). The molecule has 0 saturated carbocycles. The molecular weight excluding hydrogens is 272 g/mol. The Kier molecular flexibility index (Phi) is 8.79. The van der Waals surface area contributed by atoms with Gasteiger partial charge in [0.25, 0.3) is 0 Å². The molecule has 1 aromatic rings. The second kappa shape index (κ2) is 9.23. The molecule has 1 heteroatoms. The van der Waals surface area contributed by atoms with Gasteiger partial charge < -0.3 is 0 Å². The maximum Gasteiger partial charge on any atom is 0.0175 e. The molecule has 0 nitrogen and oxygen atoms in total. The van der Waals surface area contributed by atoms with Crippen molar-refractivity contribution in [3.8, 4) is 0 Å². The fraction of sp³-hybridized carbons (Fsp3) is 0.375. The highest BCUT2D eigenvalue weighted by atomic mass is 79.9. The first-order valence-electron chi connectivity index (χ1n) is 6.24. The summed E-state index contributed by atoms with van der Waals surface area (Å²) in [5.41, 5.74) is 3.92. The van der Waals surface area contributed by atoms with E-state index in [-0.39, 0.29) is 0 Å². The molecule has 0 aliphatic carbocycles. The normalized spacial score (nSPS) is 11.9. The molecular formula is C16H23Br. The van der Waals surface area contributed by atoms with Crippen LogP contribution in [0.4, 0.5) is 0 Å². The van der Waals surface area contributed by atoms with Crippen LogP contribution in [0.5, 0.6) is 0 Å². The molecule has 0 fully saturated rings. The monoisotopic (exact) mass is 294 g/mol. The summed E-state index contributed by atoms with van der Waals surface area (Å²) >= 11 is 3.44. The molecule has 1 aromatic carbocycles. The molecule has 0 aliphatic heterocycles. The zero-order valence-corrected chi connectivity index (χ0v) is 13.1. The molecule has 0 aromatic heterocycles. The molecule has 0 N–H and O–H groups in total. The number of hydrogen-bond donors (Lipinski definition) is 0. The van der Waals surface area contributed by atoms with Gasteiger partial charge >= 0.3 is 0 Å². The quantitative estimate of drug-likeness (QED) is 0.579. The van der Waals surface area contributed by atoms with Gasteiger partial charge in [-0.05, 0) is 43.5 Å². The highest BCUT2D eigenvalue weighted by Gasteiger charge is 1.95. The van der Waals surface area contributed by atoms with E-state index >= 15 is 0 Å². The molecule has 94 valence electrons. The molecule has 0 radical (unpaired) electrons. The van der Waals surface area contributed by atoms with Crippen LogP contribution >= 0.6 is 15.9 Å². The summed E-state index contributed by atoms with van der Waals surface area (Å²) in [4.78, 5) is 0. The fourth-order valence-electron chi connectivity index (χ4n) is 1.52. The number of allylic oxidation sites excluding steroid dienone is 4. The molecule has 17 heavy (non-hydrogen) atoms. The molecule has 0 heterocycles. The van der Waals surface area contributed by atoms with E-state index in [1.54, 1.807) is 0 Å². The van der Waals surface area contributed by atoms with Gasteiger partial charge in [0.05, 0.1) is 0 Å². The van der Waals surface area contributed by atoms with Crippen LogP contribution < -0.4 is 0 Å². The Hall–Kier alpha value is -0.820. The minimum absolute atomic E-state index is 1.09. The average Bonchev–Trinajstić information content (AvgIpc) is 2.32. The van der Waals surface area contributed by atoms with Crippen LogP contribution in [0.25, 0.3) is 5.57 Å². The van der Waals surface area contributed by atoms with E-state index < -0.39 is 0 Å². The van der Waals surface area contributed by atoms with Crippen molar-refractivity contribution < 1.29 is 0 Å². The minimum atomic E-state index is 1.09. The lowest BCUT2D eigenvalue weighted by Crippen LogP contribution is -1.80. The molecule has 0 amide bonds. The third kappa shape index (κ3) is 6.48. The van der Waals surface area contributed by atoms with Crippen molar-refractivity contribution in [1.29, 1.82) is 0 Å². The standard InChI is InChI=1S/C14H17Br.C2H6/c1-4-5-11(2)10-12(3)13-6-8-14(15)9-7-13;1-2/h5-10H,4H2,1-3H3;1-2H3/b11-5-,12-10+;. The van der Waals surface area contributed by atoms with Gasteiger partial charge in [0.15, 0.2) is 0 Å². The second-order valence-corrected chi connectivity index (χ2v) is 4.61. The smallest absolute Gasteiger partial charge is 0.0175 e. The summed E-state index contributed by atoms with van der Waals surface area (Å²) in [7, 11) is 0. The SMILES string of the molecule is CC.CC/C=C(C)\C=C(/C)c1ccc(Br)cc1. The summed E-state index contributed by atoms with van der Waals surface area (Å²) in [6.07, 6.45) is 5.56. The predicted octanol–water partition coefficient (Wildman–Crippen LogP) is 6.23. The van der Waals surface area contributed by atoms with Crippen LogP contribution in [-0.2, 0) is 0 Å². The van der Waals surface area contributed by atoms with Crippen molar-refractivity contribution in [3.63, 3.8) is 0 Å². The predicted molar refractivity (Wildman–Crippen MR) is 83.2 cm³/mol. The van der Waals surface area contributed by atoms with Crippen LogP contribution in [-0.4, -0.2) is 0 Å². The Labute approximate surface area is 115 Å². The molecule has 0 aliphatic rings. The van der Waals surface area contributed by atoms with Gasteiger partial charge in [-0.3, -0.25) is 0 Å². The van der Waals surface area contributed by atoms with Crippen LogP contribution in [0.15, 0.2) is 46.5 Å². The first-order chi connectivity index (χ1) is 8.13. The molecule has 0 saturated heterocycles. The van der Waals surface area contributed by atoms with Crippen molar-refractivity contribution in [2.75, 3.05) is 0 Å². The highest BCUT2D eigenvalue weighted by molar-refractivity contribution is 9.10. The zero-order valence-electron chi connectivity index (χ0n) is 11.5. The van der Waals surface area contributed by atoms with Crippen molar-refractivity contribution >= 4 is 21.5 Å². The lowest BCUT2D eigenvalue weighted by Gasteiger charge is -2.02. The molecule has 0 atom stereocenters. The van der Waals surface area contributed by atoms with Crippen LogP contribution in [0.2, 0.25) is 0 Å². The van der Waals surface area contributed by atoms with E-state index in [2.05, 4.69) is 73.1 Å². The van der Waals surface area contributed by atoms with E-state index in [4.69, 9.17) is 0 Å². The molecule has 0 bridgehead atoms. The third-order valence-corrected chi connectivity index (χ3v) is 2.80. The summed E-state index contributed by atoms with van der Waals surface area (Å²) in [6.45, 7) is 10.5. The number of rotatable bonds is 3. The van der Waals surface area contributed by atoms with E-state index in [9.17, 15) is 0 Å². The first-order valence-corrected chi connectivity index (χ1v) is 7.03. The maximum atomic E-state index is 3.44. The summed E-state index contributed by atoms with van der Waals surface area (Å²) in [6, 6.07) is 8.42. The highest BCUT2D eigenvalue weighted by Crippen LogP contribution is 2.18. The Morgan fingerprint density at radius 2 is 1.65 bits per heavy atom. The number of benzene rings is 1. The lowest BCUT2D eigenvalue weighted by atomic mass is 10.0. The van der Waals surface area contributed by atoms with Gasteiger partial charge in [-0.1, -0.05) is 66.6 Å². The average molecular weight is 295 g/mol. The number of halogens is 1. The minimum Gasteiger partial charge on any atom is -0.0819 e. The van der Waals surface area contributed by atoms with Gasteiger partial charge in [0.2, 0.25) is 0 Å². The first kappa shape index (κ1) is 16.2. The van der Waals surface area contributed by atoms with Crippen LogP contribution in [0.3, 0.4) is 0 Å². The van der Waals surface area contributed by atoms with Crippen molar-refractivity contribution in [3.05, 3.63) is 52.0 Å². The van der Waals surface area contributed by atoms with E-state index in [0.717, 1.165) is 10.9 Å². The maximum absolute atomic E-state index is 3.44. The van der Waals surface area contributed by atoms with E-state index in [0.29, 0.717) is 0 Å². The molecule has 0 spiro atoms. The van der Waals surface area contributed by atoms with Crippen molar-refractivity contribution in [2.24, 2.45) is 0 Å².